The van der Waals surface area contributed by atoms with E-state index >= 15 is 0 Å². The highest BCUT2D eigenvalue weighted by atomic mass is 15.0. The molecule has 4 heteroatoms. The van der Waals surface area contributed by atoms with Crippen LogP contribution in [0.1, 0.15) is 11.4 Å². The molecule has 2 aromatic heterocycles. The van der Waals surface area contributed by atoms with Gasteiger partial charge in [-0.25, -0.2) is 4.98 Å². The molecule has 0 saturated carbocycles. The number of imidazole rings is 1. The lowest BCUT2D eigenvalue weighted by molar-refractivity contribution is 1.04. The lowest BCUT2D eigenvalue weighted by Gasteiger charge is -2.02. The van der Waals surface area contributed by atoms with Crippen LogP contribution in [0.5, 0.6) is 0 Å². The molecule has 2 rings (SSSR count). The third kappa shape index (κ3) is 1.35. The van der Waals surface area contributed by atoms with E-state index in [4.69, 9.17) is 11.1 Å². The summed E-state index contributed by atoms with van der Waals surface area (Å²) < 4.78 is 2.00. The first-order chi connectivity index (χ1) is 6.68. The Balaban J connectivity index is 2.59. The van der Waals surface area contributed by atoms with Crippen LogP contribution in [-0.2, 0) is 6.42 Å². The maximum absolute atomic E-state index is 7.26. The van der Waals surface area contributed by atoms with Crippen molar-refractivity contribution in [1.29, 1.82) is 5.41 Å². The molecule has 2 heterocycles. The lowest BCUT2D eigenvalue weighted by atomic mass is 10.1. The van der Waals surface area contributed by atoms with Gasteiger partial charge in [-0.05, 0) is 18.6 Å². The highest BCUT2D eigenvalue weighted by Crippen LogP contribution is 2.12. The smallest absolute Gasteiger partial charge is 0.110 e. The van der Waals surface area contributed by atoms with Crippen molar-refractivity contribution in [2.75, 3.05) is 0 Å². The molecule has 0 radical (unpaired) electrons. The zero-order valence-electron chi connectivity index (χ0n) is 7.99. The van der Waals surface area contributed by atoms with E-state index in [-0.39, 0.29) is 5.84 Å². The minimum atomic E-state index is 0.178. The van der Waals surface area contributed by atoms with Crippen LogP contribution in [0.25, 0.3) is 5.52 Å². The van der Waals surface area contributed by atoms with Gasteiger partial charge >= 0.3 is 0 Å². The molecular weight excluding hydrogens is 176 g/mol. The van der Waals surface area contributed by atoms with Crippen molar-refractivity contribution in [3.63, 3.8) is 0 Å². The fraction of sp³-hybridized carbons (Fsp3) is 0.200. The summed E-state index contributed by atoms with van der Waals surface area (Å²) in [7, 11) is 0. The van der Waals surface area contributed by atoms with Crippen molar-refractivity contribution in [3.8, 4) is 0 Å². The van der Waals surface area contributed by atoms with Gasteiger partial charge in [-0.1, -0.05) is 6.07 Å². The van der Waals surface area contributed by atoms with Crippen LogP contribution in [0.3, 0.4) is 0 Å². The topological polar surface area (TPSA) is 67.2 Å². The molecule has 4 nitrogen and oxygen atoms in total. The summed E-state index contributed by atoms with van der Waals surface area (Å²) in [5.41, 5.74) is 7.45. The van der Waals surface area contributed by atoms with Crippen molar-refractivity contribution >= 4 is 11.4 Å². The van der Waals surface area contributed by atoms with Gasteiger partial charge < -0.3 is 10.1 Å². The van der Waals surface area contributed by atoms with Gasteiger partial charge in [-0.2, -0.15) is 0 Å². The number of nitrogens with one attached hydrogen (secondary N) is 1. The third-order valence-electron chi connectivity index (χ3n) is 2.22. The van der Waals surface area contributed by atoms with Crippen molar-refractivity contribution < 1.29 is 0 Å². The molecule has 14 heavy (non-hydrogen) atoms. The van der Waals surface area contributed by atoms with Crippen LogP contribution in [0, 0.1) is 12.3 Å². The number of nitrogens with two attached hydrogens (primary N) is 1. The summed E-state index contributed by atoms with van der Waals surface area (Å²) >= 11 is 0. The summed E-state index contributed by atoms with van der Waals surface area (Å²) in [6.45, 7) is 1.95. The Bertz CT molecular complexity index is 484. The number of hydrogen-bond acceptors (Lipinski definition) is 2. The first-order valence-electron chi connectivity index (χ1n) is 4.43. The van der Waals surface area contributed by atoms with E-state index in [0.29, 0.717) is 6.42 Å². The monoisotopic (exact) mass is 188 g/mol. The molecular formula is C10H12N4. The van der Waals surface area contributed by atoms with Gasteiger partial charge in [0.05, 0.1) is 17.5 Å². The SMILES string of the molecule is Cc1ncc2c(CC(=N)N)cccn12. The number of hydrogen-bond donors (Lipinski definition) is 2. The first kappa shape index (κ1) is 8.74. The molecule has 0 atom stereocenters. The van der Waals surface area contributed by atoms with Crippen molar-refractivity contribution in [1.82, 2.24) is 9.38 Å². The molecule has 0 spiro atoms. The number of pyridine rings is 1. The molecule has 0 amide bonds. The van der Waals surface area contributed by atoms with Gasteiger partial charge in [-0.3, -0.25) is 5.41 Å². The van der Waals surface area contributed by atoms with Crippen LogP contribution in [0.4, 0.5) is 0 Å². The van der Waals surface area contributed by atoms with Crippen LogP contribution in [-0.4, -0.2) is 15.2 Å². The first-order valence-corrected chi connectivity index (χ1v) is 4.43. The molecule has 0 saturated heterocycles. The summed E-state index contributed by atoms with van der Waals surface area (Å²) in [5, 5.41) is 7.26. The van der Waals surface area contributed by atoms with Gasteiger partial charge in [0.25, 0.3) is 0 Å². The normalized spacial score (nSPS) is 10.6. The predicted octanol–water partition coefficient (Wildman–Crippen LogP) is 1.12. The second-order valence-corrected chi connectivity index (χ2v) is 3.30. The molecule has 0 bridgehead atoms. The maximum Gasteiger partial charge on any atom is 0.110 e. The largest absolute Gasteiger partial charge is 0.387 e. The van der Waals surface area contributed by atoms with E-state index in [1.165, 1.54) is 0 Å². The van der Waals surface area contributed by atoms with E-state index in [1.807, 2.05) is 35.9 Å². The van der Waals surface area contributed by atoms with Crippen LogP contribution in [0.15, 0.2) is 24.5 Å². The lowest BCUT2D eigenvalue weighted by Crippen LogP contribution is -2.13. The Morgan fingerprint density at radius 3 is 3.14 bits per heavy atom. The second kappa shape index (κ2) is 3.14. The molecule has 0 aliphatic heterocycles. The molecule has 72 valence electrons. The zero-order valence-corrected chi connectivity index (χ0v) is 7.99. The minimum absolute atomic E-state index is 0.178. The zero-order chi connectivity index (χ0) is 10.1. The average molecular weight is 188 g/mol. The number of nitrogens with zero attached hydrogens (tertiary/aromatic N) is 2. The standard InChI is InChI=1S/C10H12N4/c1-7-13-6-9-8(5-10(11)12)3-2-4-14(7)9/h2-4,6H,5H2,1H3,(H3,11,12). The Morgan fingerprint density at radius 2 is 2.43 bits per heavy atom. The van der Waals surface area contributed by atoms with Crippen molar-refractivity contribution in [2.45, 2.75) is 13.3 Å². The highest BCUT2D eigenvalue weighted by Gasteiger charge is 2.04. The highest BCUT2D eigenvalue weighted by molar-refractivity contribution is 5.81. The Labute approximate surface area is 81.9 Å². The van der Waals surface area contributed by atoms with Gasteiger partial charge in [0, 0.05) is 12.6 Å². The van der Waals surface area contributed by atoms with Crippen LogP contribution >= 0.6 is 0 Å². The number of aryl methyl sites for hydroxylation is 1. The van der Waals surface area contributed by atoms with Gasteiger partial charge in [-0.15, -0.1) is 0 Å². The fourth-order valence-electron chi connectivity index (χ4n) is 1.56. The summed E-state index contributed by atoms with van der Waals surface area (Å²) in [6.07, 6.45) is 4.25. The average Bonchev–Trinajstić information content (AvgIpc) is 2.49. The van der Waals surface area contributed by atoms with Crippen LogP contribution in [0.2, 0.25) is 0 Å². The molecule has 0 aliphatic rings. The molecule has 3 N–H and O–H groups in total. The van der Waals surface area contributed by atoms with Gasteiger partial charge in [0.2, 0.25) is 0 Å². The number of aromatic nitrogens is 2. The molecule has 0 unspecified atom stereocenters. The molecule has 0 fully saturated rings. The summed E-state index contributed by atoms with van der Waals surface area (Å²) in [5.74, 6) is 1.13. The Kier molecular flexibility index (Phi) is 1.96. The van der Waals surface area contributed by atoms with E-state index in [2.05, 4.69) is 4.98 Å². The second-order valence-electron chi connectivity index (χ2n) is 3.30. The minimum Gasteiger partial charge on any atom is -0.387 e. The quantitative estimate of drug-likeness (QED) is 0.547. The third-order valence-corrected chi connectivity index (χ3v) is 2.22. The van der Waals surface area contributed by atoms with E-state index in [1.54, 1.807) is 0 Å². The number of amidine groups is 1. The van der Waals surface area contributed by atoms with E-state index < -0.39 is 0 Å². The molecule has 2 aromatic rings. The predicted molar refractivity (Wildman–Crippen MR) is 55.5 cm³/mol. The molecule has 0 aliphatic carbocycles. The van der Waals surface area contributed by atoms with Gasteiger partial charge in [0.15, 0.2) is 0 Å². The van der Waals surface area contributed by atoms with Crippen LogP contribution < -0.4 is 5.73 Å². The Morgan fingerprint density at radius 1 is 1.64 bits per heavy atom. The Hall–Kier alpha value is -1.84. The van der Waals surface area contributed by atoms with E-state index in [0.717, 1.165) is 16.9 Å². The van der Waals surface area contributed by atoms with Gasteiger partial charge in [0.1, 0.15) is 5.82 Å². The van der Waals surface area contributed by atoms with E-state index in [9.17, 15) is 0 Å². The maximum atomic E-state index is 7.26. The number of rotatable bonds is 2. The van der Waals surface area contributed by atoms with Crippen molar-refractivity contribution in [2.24, 2.45) is 5.73 Å². The fourth-order valence-corrected chi connectivity index (χ4v) is 1.56. The molecule has 0 aromatic carbocycles. The van der Waals surface area contributed by atoms with Crippen molar-refractivity contribution in [3.05, 3.63) is 35.9 Å². The summed E-state index contributed by atoms with van der Waals surface area (Å²) in [4.78, 5) is 4.22. The number of fused-ring (bicyclic) bond motifs is 1. The summed E-state index contributed by atoms with van der Waals surface area (Å²) in [6, 6.07) is 3.91.